The fraction of sp³-hybridized carbons (Fsp3) is 0.105. The molecule has 4 rings (SSSR count). The van der Waals surface area contributed by atoms with Crippen molar-refractivity contribution in [2.45, 2.75) is 6.42 Å². The molecule has 0 radical (unpaired) electrons. The second-order valence-electron chi connectivity index (χ2n) is 5.69. The highest BCUT2D eigenvalue weighted by atomic mass is 35.5. The molecule has 2 aromatic carbocycles. The van der Waals surface area contributed by atoms with Crippen molar-refractivity contribution >= 4 is 28.8 Å². The minimum atomic E-state index is 0.0215. The van der Waals surface area contributed by atoms with Gasteiger partial charge in [-0.3, -0.25) is 4.79 Å². The van der Waals surface area contributed by atoms with E-state index in [2.05, 4.69) is 47.1 Å². The molecule has 2 aliphatic rings. The van der Waals surface area contributed by atoms with E-state index in [9.17, 15) is 4.79 Å². The summed E-state index contributed by atoms with van der Waals surface area (Å²) < 4.78 is 0. The molecular formula is C19H15ClN2O. The quantitative estimate of drug-likeness (QED) is 0.877. The van der Waals surface area contributed by atoms with Gasteiger partial charge in [0.05, 0.1) is 11.4 Å². The molecule has 3 nitrogen and oxygen atoms in total. The Kier molecular flexibility index (Phi) is 3.43. The van der Waals surface area contributed by atoms with Gasteiger partial charge in [0.2, 0.25) is 5.91 Å². The molecule has 114 valence electrons. The maximum absolute atomic E-state index is 11.5. The molecule has 2 N–H and O–H groups in total. The molecule has 2 aromatic rings. The summed E-state index contributed by atoms with van der Waals surface area (Å²) in [6.45, 7) is 0.852. The van der Waals surface area contributed by atoms with Crippen LogP contribution in [0.2, 0.25) is 5.02 Å². The lowest BCUT2D eigenvalue weighted by molar-refractivity contribution is -0.115. The molecule has 0 atom stereocenters. The third-order valence-electron chi connectivity index (χ3n) is 4.17. The maximum Gasteiger partial charge on any atom is 0.228 e. The number of halogens is 1. The van der Waals surface area contributed by atoms with Crippen molar-refractivity contribution < 1.29 is 4.79 Å². The Balaban J connectivity index is 1.69. The first-order chi connectivity index (χ1) is 11.2. The van der Waals surface area contributed by atoms with E-state index >= 15 is 0 Å². The zero-order valence-corrected chi connectivity index (χ0v) is 13.2. The van der Waals surface area contributed by atoms with E-state index in [0.717, 1.165) is 28.9 Å². The third kappa shape index (κ3) is 2.64. The molecule has 4 heteroatoms. The first-order valence-electron chi connectivity index (χ1n) is 7.54. The Morgan fingerprint density at radius 3 is 2.57 bits per heavy atom. The van der Waals surface area contributed by atoms with Crippen molar-refractivity contribution in [2.75, 3.05) is 11.9 Å². The molecule has 0 unspecified atom stereocenters. The second-order valence-corrected chi connectivity index (χ2v) is 6.10. The van der Waals surface area contributed by atoms with Crippen molar-refractivity contribution in [2.24, 2.45) is 0 Å². The van der Waals surface area contributed by atoms with E-state index in [4.69, 9.17) is 11.6 Å². The molecular weight excluding hydrogens is 308 g/mol. The van der Waals surface area contributed by atoms with Gasteiger partial charge in [-0.15, -0.1) is 0 Å². The van der Waals surface area contributed by atoms with Crippen LogP contribution in [0, 0.1) is 0 Å². The van der Waals surface area contributed by atoms with Gasteiger partial charge in [0.25, 0.3) is 0 Å². The summed E-state index contributed by atoms with van der Waals surface area (Å²) in [6, 6.07) is 12.2. The molecule has 2 heterocycles. The smallest absolute Gasteiger partial charge is 0.228 e. The van der Waals surface area contributed by atoms with E-state index in [0.29, 0.717) is 11.4 Å². The Morgan fingerprint density at radius 2 is 1.83 bits per heavy atom. The molecule has 0 fully saturated rings. The van der Waals surface area contributed by atoms with Gasteiger partial charge in [-0.25, -0.2) is 0 Å². The predicted octanol–water partition coefficient (Wildman–Crippen LogP) is 4.00. The minimum absolute atomic E-state index is 0.0215. The lowest BCUT2D eigenvalue weighted by Crippen LogP contribution is -2.08. The molecule has 0 saturated heterocycles. The lowest BCUT2D eigenvalue weighted by Gasteiger charge is -2.11. The lowest BCUT2D eigenvalue weighted by atomic mass is 9.97. The van der Waals surface area contributed by atoms with Crippen LogP contribution in [0.3, 0.4) is 0 Å². The minimum Gasteiger partial charge on any atom is -0.387 e. The van der Waals surface area contributed by atoms with Crippen LogP contribution < -0.4 is 10.6 Å². The fourth-order valence-electron chi connectivity index (χ4n) is 2.98. The number of amides is 1. The zero-order valence-electron chi connectivity index (χ0n) is 12.4. The number of dihydropyridines is 1. The standard InChI is InChI=1S/C19H15ClN2O/c20-17-11-18-15(10-19(23)22-18)9-16(17)14-3-1-12(2-4-14)13-5-7-21-8-6-13/h1-7,9,11,21H,8,10H2,(H,22,23). The molecule has 0 bridgehead atoms. The van der Waals surface area contributed by atoms with Crippen LogP contribution >= 0.6 is 11.6 Å². The van der Waals surface area contributed by atoms with Gasteiger partial charge < -0.3 is 10.6 Å². The molecule has 1 amide bonds. The number of carbonyl (C=O) groups is 1. The highest BCUT2D eigenvalue weighted by Crippen LogP contribution is 2.36. The summed E-state index contributed by atoms with van der Waals surface area (Å²) in [5.41, 5.74) is 6.24. The Labute approximate surface area is 139 Å². The summed E-state index contributed by atoms with van der Waals surface area (Å²) in [7, 11) is 0. The molecule has 0 aliphatic carbocycles. The van der Waals surface area contributed by atoms with Crippen LogP contribution in [0.15, 0.2) is 54.8 Å². The van der Waals surface area contributed by atoms with E-state index in [1.807, 2.05) is 18.3 Å². The summed E-state index contributed by atoms with van der Waals surface area (Å²) in [5.74, 6) is 0.0215. The highest BCUT2D eigenvalue weighted by Gasteiger charge is 2.20. The van der Waals surface area contributed by atoms with Gasteiger partial charge in [0, 0.05) is 17.8 Å². The van der Waals surface area contributed by atoms with Gasteiger partial charge in [-0.2, -0.15) is 0 Å². The number of rotatable bonds is 2. The van der Waals surface area contributed by atoms with Crippen LogP contribution in [0.4, 0.5) is 5.69 Å². The summed E-state index contributed by atoms with van der Waals surface area (Å²) in [5, 5.41) is 6.63. The van der Waals surface area contributed by atoms with Crippen LogP contribution in [0.5, 0.6) is 0 Å². The van der Waals surface area contributed by atoms with Crippen LogP contribution in [0.1, 0.15) is 11.1 Å². The molecule has 2 aliphatic heterocycles. The molecule has 0 spiro atoms. The van der Waals surface area contributed by atoms with Crippen LogP contribution in [-0.2, 0) is 11.2 Å². The first-order valence-corrected chi connectivity index (χ1v) is 7.92. The van der Waals surface area contributed by atoms with E-state index in [1.54, 1.807) is 0 Å². The van der Waals surface area contributed by atoms with Crippen molar-refractivity contribution in [1.29, 1.82) is 0 Å². The van der Waals surface area contributed by atoms with Crippen molar-refractivity contribution in [3.8, 4) is 11.1 Å². The van der Waals surface area contributed by atoms with Crippen LogP contribution in [-0.4, -0.2) is 12.5 Å². The fourth-order valence-corrected chi connectivity index (χ4v) is 3.25. The van der Waals surface area contributed by atoms with Gasteiger partial charge in [-0.05, 0) is 46.7 Å². The van der Waals surface area contributed by atoms with Gasteiger partial charge in [0.15, 0.2) is 0 Å². The second kappa shape index (κ2) is 5.60. The summed E-state index contributed by atoms with van der Waals surface area (Å²) in [6.07, 6.45) is 6.61. The van der Waals surface area contributed by atoms with Crippen molar-refractivity contribution in [1.82, 2.24) is 5.32 Å². The Morgan fingerprint density at radius 1 is 1.04 bits per heavy atom. The molecule has 0 aromatic heterocycles. The van der Waals surface area contributed by atoms with Gasteiger partial charge >= 0.3 is 0 Å². The molecule has 0 saturated carbocycles. The van der Waals surface area contributed by atoms with Crippen LogP contribution in [0.25, 0.3) is 16.7 Å². The predicted molar refractivity (Wildman–Crippen MR) is 94.3 cm³/mol. The number of anilines is 1. The van der Waals surface area contributed by atoms with E-state index in [1.165, 1.54) is 11.1 Å². The average molecular weight is 323 g/mol. The van der Waals surface area contributed by atoms with Crippen molar-refractivity contribution in [3.63, 3.8) is 0 Å². The number of allylic oxidation sites excluding steroid dienone is 2. The number of hydrogen-bond donors (Lipinski definition) is 2. The zero-order chi connectivity index (χ0) is 15.8. The third-order valence-corrected chi connectivity index (χ3v) is 4.48. The number of hydrogen-bond acceptors (Lipinski definition) is 2. The van der Waals surface area contributed by atoms with E-state index in [-0.39, 0.29) is 5.91 Å². The van der Waals surface area contributed by atoms with E-state index < -0.39 is 0 Å². The normalized spacial score (nSPS) is 15.7. The van der Waals surface area contributed by atoms with Gasteiger partial charge in [-0.1, -0.05) is 41.9 Å². The highest BCUT2D eigenvalue weighted by molar-refractivity contribution is 6.34. The Hall–Kier alpha value is -2.52. The Bertz CT molecular complexity index is 850. The topological polar surface area (TPSA) is 41.1 Å². The van der Waals surface area contributed by atoms with Crippen molar-refractivity contribution in [3.05, 3.63) is 70.9 Å². The summed E-state index contributed by atoms with van der Waals surface area (Å²) >= 11 is 6.40. The first kappa shape index (κ1) is 14.1. The summed E-state index contributed by atoms with van der Waals surface area (Å²) in [4.78, 5) is 11.5. The number of benzene rings is 2. The monoisotopic (exact) mass is 322 g/mol. The average Bonchev–Trinajstić information content (AvgIpc) is 2.94. The molecule has 23 heavy (non-hydrogen) atoms. The number of nitrogens with one attached hydrogen (secondary N) is 2. The SMILES string of the molecule is O=C1Cc2cc(-c3ccc(C4=CCNC=C4)cc3)c(Cl)cc2N1. The number of carbonyl (C=O) groups excluding carboxylic acids is 1. The number of fused-ring (bicyclic) bond motifs is 1. The van der Waals surface area contributed by atoms with Gasteiger partial charge in [0.1, 0.15) is 0 Å². The largest absolute Gasteiger partial charge is 0.387 e. The maximum atomic E-state index is 11.5.